The van der Waals surface area contributed by atoms with E-state index in [1.54, 1.807) is 0 Å². The molecule has 2 N–H and O–H groups in total. The predicted molar refractivity (Wildman–Crippen MR) is 78.3 cm³/mol. The maximum atomic E-state index is 11.8. The summed E-state index contributed by atoms with van der Waals surface area (Å²) < 4.78 is 0. The Balaban J connectivity index is 2.51. The number of urea groups is 1. The molecule has 0 heterocycles. The lowest BCUT2D eigenvalue weighted by Crippen LogP contribution is -2.51. The Morgan fingerprint density at radius 2 is 1.90 bits per heavy atom. The zero-order valence-electron chi connectivity index (χ0n) is 11.6. The van der Waals surface area contributed by atoms with Crippen LogP contribution in [0, 0.1) is 0 Å². The van der Waals surface area contributed by atoms with E-state index in [9.17, 15) is 14.7 Å². The van der Waals surface area contributed by atoms with Crippen molar-refractivity contribution < 1.29 is 14.7 Å². The highest BCUT2D eigenvalue weighted by atomic mass is 32.2. The lowest BCUT2D eigenvalue weighted by Gasteiger charge is -2.21. The van der Waals surface area contributed by atoms with Crippen LogP contribution in [0.25, 0.3) is 0 Å². The number of aliphatic carboxylic acids is 1. The minimum absolute atomic E-state index is 0.195. The number of hydrogen-bond donors (Lipinski definition) is 2. The summed E-state index contributed by atoms with van der Waals surface area (Å²) >= 11 is 1.52. The molecule has 0 fully saturated rings. The molecule has 0 aliphatic rings. The van der Waals surface area contributed by atoms with Crippen molar-refractivity contribution in [3.63, 3.8) is 0 Å². The van der Waals surface area contributed by atoms with Crippen LogP contribution in [0.4, 0.5) is 4.79 Å². The molecule has 20 heavy (non-hydrogen) atoms. The molecule has 0 aliphatic heterocycles. The lowest BCUT2D eigenvalue weighted by molar-refractivity contribution is -0.308. The van der Waals surface area contributed by atoms with Crippen molar-refractivity contribution in [3.05, 3.63) is 35.9 Å². The van der Waals surface area contributed by atoms with E-state index in [0.717, 1.165) is 5.56 Å². The van der Waals surface area contributed by atoms with Crippen molar-refractivity contribution in [1.29, 1.82) is 0 Å². The topological polar surface area (TPSA) is 81.3 Å². The monoisotopic (exact) mass is 295 g/mol. The molecular weight excluding hydrogens is 276 g/mol. The van der Waals surface area contributed by atoms with Gasteiger partial charge in [0, 0.05) is 0 Å². The summed E-state index contributed by atoms with van der Waals surface area (Å²) in [4.78, 5) is 22.7. The lowest BCUT2D eigenvalue weighted by atomic mass is 10.1. The van der Waals surface area contributed by atoms with Crippen molar-refractivity contribution in [2.24, 2.45) is 0 Å². The molecule has 2 atom stereocenters. The summed E-state index contributed by atoms with van der Waals surface area (Å²) in [6, 6.07) is 7.79. The van der Waals surface area contributed by atoms with Crippen LogP contribution in [-0.4, -0.2) is 30.1 Å². The number of rotatable bonds is 7. The van der Waals surface area contributed by atoms with Gasteiger partial charge in [-0.05, 0) is 30.9 Å². The van der Waals surface area contributed by atoms with Crippen LogP contribution in [0.2, 0.25) is 0 Å². The first-order valence-corrected chi connectivity index (χ1v) is 7.75. The Kier molecular flexibility index (Phi) is 6.93. The fourth-order valence-corrected chi connectivity index (χ4v) is 2.18. The smallest absolute Gasteiger partial charge is 0.315 e. The second kappa shape index (κ2) is 8.47. The average molecular weight is 295 g/mol. The predicted octanol–water partition coefficient (Wildman–Crippen LogP) is 0.918. The highest BCUT2D eigenvalue weighted by molar-refractivity contribution is 7.98. The molecule has 0 unspecified atom stereocenters. The third kappa shape index (κ3) is 5.52. The number of amides is 2. The SMILES string of the molecule is CSCC[C@H](NC(=O)N[C@@H](C)c1ccccc1)C(=O)[O-]. The molecule has 0 saturated carbocycles. The van der Waals surface area contributed by atoms with Gasteiger partial charge in [-0.1, -0.05) is 30.3 Å². The van der Waals surface area contributed by atoms with E-state index in [-0.39, 0.29) is 6.04 Å². The van der Waals surface area contributed by atoms with Gasteiger partial charge in [0.1, 0.15) is 0 Å². The van der Waals surface area contributed by atoms with Crippen molar-refractivity contribution in [3.8, 4) is 0 Å². The Labute approximate surface area is 123 Å². The number of carboxylic acid groups (broad SMARTS) is 1. The molecule has 2 amide bonds. The summed E-state index contributed by atoms with van der Waals surface area (Å²) in [6.45, 7) is 1.84. The molecule has 0 radical (unpaired) electrons. The van der Waals surface area contributed by atoms with Crippen molar-refractivity contribution >= 4 is 23.8 Å². The van der Waals surface area contributed by atoms with Crippen molar-refractivity contribution in [2.45, 2.75) is 25.4 Å². The van der Waals surface area contributed by atoms with Gasteiger partial charge in [0.2, 0.25) is 0 Å². The van der Waals surface area contributed by atoms with Crippen molar-refractivity contribution in [2.75, 3.05) is 12.0 Å². The third-order valence-corrected chi connectivity index (χ3v) is 3.49. The van der Waals surface area contributed by atoms with E-state index in [1.165, 1.54) is 11.8 Å². The molecule has 0 spiro atoms. The van der Waals surface area contributed by atoms with Crippen LogP contribution < -0.4 is 15.7 Å². The normalized spacial score (nSPS) is 13.3. The van der Waals surface area contributed by atoms with Gasteiger partial charge in [-0.3, -0.25) is 0 Å². The zero-order chi connectivity index (χ0) is 15.0. The molecule has 1 aromatic rings. The highest BCUT2D eigenvalue weighted by Crippen LogP contribution is 2.10. The highest BCUT2D eigenvalue weighted by Gasteiger charge is 2.15. The van der Waals surface area contributed by atoms with Gasteiger partial charge in [-0.2, -0.15) is 11.8 Å². The Bertz CT molecular complexity index is 439. The molecule has 5 nitrogen and oxygen atoms in total. The van der Waals surface area contributed by atoms with Gasteiger partial charge in [0.25, 0.3) is 0 Å². The van der Waals surface area contributed by atoms with Crippen LogP contribution >= 0.6 is 11.8 Å². The van der Waals surface area contributed by atoms with Crippen LogP contribution in [0.3, 0.4) is 0 Å². The van der Waals surface area contributed by atoms with Gasteiger partial charge in [-0.25, -0.2) is 4.79 Å². The minimum atomic E-state index is -1.26. The molecule has 6 heteroatoms. The van der Waals surface area contributed by atoms with Gasteiger partial charge in [0.15, 0.2) is 0 Å². The fraction of sp³-hybridized carbons (Fsp3) is 0.429. The van der Waals surface area contributed by atoms with E-state index in [0.29, 0.717) is 12.2 Å². The van der Waals surface area contributed by atoms with Crippen molar-refractivity contribution in [1.82, 2.24) is 10.6 Å². The van der Waals surface area contributed by atoms with Crippen LogP contribution in [0.15, 0.2) is 30.3 Å². The van der Waals surface area contributed by atoms with Gasteiger partial charge in [-0.15, -0.1) is 0 Å². The third-order valence-electron chi connectivity index (χ3n) is 2.85. The molecule has 1 rings (SSSR count). The Morgan fingerprint density at radius 3 is 2.45 bits per heavy atom. The summed E-state index contributed by atoms with van der Waals surface area (Å²) in [5.74, 6) is -0.616. The fourth-order valence-electron chi connectivity index (χ4n) is 1.71. The Morgan fingerprint density at radius 1 is 1.25 bits per heavy atom. The van der Waals surface area contributed by atoms with Crippen LogP contribution in [-0.2, 0) is 4.79 Å². The largest absolute Gasteiger partial charge is 0.548 e. The molecule has 0 bridgehead atoms. The summed E-state index contributed by atoms with van der Waals surface area (Å²) in [5.41, 5.74) is 0.955. The zero-order valence-corrected chi connectivity index (χ0v) is 12.4. The number of nitrogens with one attached hydrogen (secondary N) is 2. The number of thioether (sulfide) groups is 1. The maximum Gasteiger partial charge on any atom is 0.315 e. The first-order chi connectivity index (χ1) is 9.54. The van der Waals surface area contributed by atoms with Gasteiger partial charge < -0.3 is 20.5 Å². The van der Waals surface area contributed by atoms with Gasteiger partial charge >= 0.3 is 6.03 Å². The molecule has 1 aromatic carbocycles. The summed E-state index contributed by atoms with van der Waals surface area (Å²) in [7, 11) is 0. The minimum Gasteiger partial charge on any atom is -0.548 e. The van der Waals surface area contributed by atoms with E-state index in [4.69, 9.17) is 0 Å². The standard InChI is InChI=1S/C14H20N2O3S/c1-10(11-6-4-3-5-7-11)15-14(19)16-12(13(17)18)8-9-20-2/h3-7,10,12H,8-9H2,1-2H3,(H,17,18)(H2,15,16,19)/p-1/t10-,12-/m0/s1. The number of hydrogen-bond acceptors (Lipinski definition) is 4. The quantitative estimate of drug-likeness (QED) is 0.783. The van der Waals surface area contributed by atoms with Gasteiger partial charge in [0.05, 0.1) is 18.1 Å². The second-order valence-corrected chi connectivity index (χ2v) is 5.39. The van der Waals surface area contributed by atoms with Crippen LogP contribution in [0.5, 0.6) is 0 Å². The summed E-state index contributed by atoms with van der Waals surface area (Å²) in [6.07, 6.45) is 2.22. The number of benzene rings is 1. The number of carboxylic acids is 1. The first-order valence-electron chi connectivity index (χ1n) is 6.36. The summed E-state index contributed by atoms with van der Waals surface area (Å²) in [5, 5.41) is 16.1. The molecular formula is C14H19N2O3S-. The molecule has 0 aromatic heterocycles. The first kappa shape index (κ1) is 16.4. The average Bonchev–Trinajstić information content (AvgIpc) is 2.44. The van der Waals surface area contributed by atoms with Crippen LogP contribution in [0.1, 0.15) is 24.9 Å². The Hall–Kier alpha value is -1.69. The second-order valence-electron chi connectivity index (χ2n) is 4.40. The maximum absolute atomic E-state index is 11.8. The molecule has 110 valence electrons. The number of carbonyl (C=O) groups is 2. The molecule has 0 aliphatic carbocycles. The van der Waals surface area contributed by atoms with E-state index >= 15 is 0 Å². The van der Waals surface area contributed by atoms with E-state index in [2.05, 4.69) is 10.6 Å². The van der Waals surface area contributed by atoms with E-state index in [1.807, 2.05) is 43.5 Å². The number of carbonyl (C=O) groups excluding carboxylic acids is 2. The molecule has 0 saturated heterocycles. The van der Waals surface area contributed by atoms with E-state index < -0.39 is 18.0 Å².